The van der Waals surface area contributed by atoms with Gasteiger partial charge in [0.1, 0.15) is 11.6 Å². The van der Waals surface area contributed by atoms with Gasteiger partial charge in [-0.05, 0) is 57.4 Å². The number of benzene rings is 1. The second kappa shape index (κ2) is 9.24. The Morgan fingerprint density at radius 3 is 2.93 bits per heavy atom. The van der Waals surface area contributed by atoms with E-state index < -0.39 is 5.41 Å². The van der Waals surface area contributed by atoms with E-state index in [4.69, 9.17) is 9.47 Å². The van der Waals surface area contributed by atoms with E-state index >= 15 is 0 Å². The SMILES string of the molecule is CCOC(=O)[C@@]1(Cc2cccc(OC)c2)CCCN(Cc2nccn2CC)C1. The van der Waals surface area contributed by atoms with E-state index in [1.807, 2.05) is 37.5 Å². The van der Waals surface area contributed by atoms with Gasteiger partial charge in [-0.1, -0.05) is 12.1 Å². The van der Waals surface area contributed by atoms with Crippen molar-refractivity contribution in [2.45, 2.75) is 46.2 Å². The number of piperidine rings is 1. The second-order valence-electron chi connectivity index (χ2n) is 7.47. The molecule has 1 atom stereocenters. The maximum atomic E-state index is 13.0. The van der Waals surface area contributed by atoms with Gasteiger partial charge < -0.3 is 14.0 Å². The number of hydrogen-bond donors (Lipinski definition) is 0. The Morgan fingerprint density at radius 1 is 1.32 bits per heavy atom. The van der Waals surface area contributed by atoms with Gasteiger partial charge in [-0.15, -0.1) is 0 Å². The van der Waals surface area contributed by atoms with Gasteiger partial charge in [-0.25, -0.2) is 4.98 Å². The van der Waals surface area contributed by atoms with Gasteiger partial charge in [0, 0.05) is 25.5 Å². The molecule has 0 saturated carbocycles. The van der Waals surface area contributed by atoms with Crippen LogP contribution in [0.25, 0.3) is 0 Å². The number of carbonyl (C=O) groups excluding carboxylic acids is 1. The summed E-state index contributed by atoms with van der Waals surface area (Å²) in [6, 6.07) is 7.99. The van der Waals surface area contributed by atoms with Gasteiger partial charge in [0.05, 0.1) is 25.7 Å². The Hall–Kier alpha value is -2.34. The number of nitrogens with zero attached hydrogens (tertiary/aromatic N) is 3. The van der Waals surface area contributed by atoms with Crippen LogP contribution >= 0.6 is 0 Å². The first-order chi connectivity index (χ1) is 13.6. The zero-order valence-corrected chi connectivity index (χ0v) is 17.2. The van der Waals surface area contributed by atoms with Gasteiger partial charge in [0.15, 0.2) is 0 Å². The Kier molecular flexibility index (Phi) is 6.73. The molecule has 0 N–H and O–H groups in total. The summed E-state index contributed by atoms with van der Waals surface area (Å²) < 4.78 is 13.0. The number of aryl methyl sites for hydroxylation is 1. The fraction of sp³-hybridized carbons (Fsp3) is 0.545. The molecular weight excluding hydrogens is 354 g/mol. The lowest BCUT2D eigenvalue weighted by Gasteiger charge is -2.41. The fourth-order valence-corrected chi connectivity index (χ4v) is 4.18. The molecule has 2 heterocycles. The molecule has 28 heavy (non-hydrogen) atoms. The molecule has 6 nitrogen and oxygen atoms in total. The highest BCUT2D eigenvalue weighted by Gasteiger charge is 2.43. The van der Waals surface area contributed by atoms with E-state index in [0.29, 0.717) is 19.6 Å². The zero-order valence-electron chi connectivity index (χ0n) is 17.2. The fourth-order valence-electron chi connectivity index (χ4n) is 4.18. The number of aromatic nitrogens is 2. The molecule has 1 saturated heterocycles. The highest BCUT2D eigenvalue weighted by atomic mass is 16.5. The highest BCUT2D eigenvalue weighted by molar-refractivity contribution is 5.78. The Balaban J connectivity index is 1.82. The normalized spacial score (nSPS) is 20.1. The monoisotopic (exact) mass is 385 g/mol. The third-order valence-corrected chi connectivity index (χ3v) is 5.55. The number of esters is 1. The highest BCUT2D eigenvalue weighted by Crippen LogP contribution is 2.36. The van der Waals surface area contributed by atoms with Crippen LogP contribution < -0.4 is 4.74 Å². The number of ether oxygens (including phenoxy) is 2. The first-order valence-electron chi connectivity index (χ1n) is 10.1. The lowest BCUT2D eigenvalue weighted by atomic mass is 9.75. The van der Waals surface area contributed by atoms with Crippen molar-refractivity contribution in [3.8, 4) is 5.75 Å². The van der Waals surface area contributed by atoms with Crippen LogP contribution in [0.3, 0.4) is 0 Å². The molecule has 1 aliphatic rings. The number of rotatable bonds is 8. The number of hydrogen-bond acceptors (Lipinski definition) is 5. The van der Waals surface area contributed by atoms with Crippen molar-refractivity contribution in [2.24, 2.45) is 5.41 Å². The summed E-state index contributed by atoms with van der Waals surface area (Å²) in [4.78, 5) is 19.9. The van der Waals surface area contributed by atoms with E-state index in [2.05, 4.69) is 27.4 Å². The summed E-state index contributed by atoms with van der Waals surface area (Å²) in [5.41, 5.74) is 0.564. The van der Waals surface area contributed by atoms with Crippen LogP contribution in [0.15, 0.2) is 36.7 Å². The third-order valence-electron chi connectivity index (χ3n) is 5.55. The minimum Gasteiger partial charge on any atom is -0.497 e. The molecule has 0 aliphatic carbocycles. The van der Waals surface area contributed by atoms with Crippen molar-refractivity contribution in [1.82, 2.24) is 14.5 Å². The lowest BCUT2D eigenvalue weighted by molar-refractivity contribution is -0.159. The predicted molar refractivity (Wildman–Crippen MR) is 108 cm³/mol. The van der Waals surface area contributed by atoms with Crippen LogP contribution in [0.5, 0.6) is 5.75 Å². The summed E-state index contributed by atoms with van der Waals surface area (Å²) in [5, 5.41) is 0. The Morgan fingerprint density at radius 2 is 2.18 bits per heavy atom. The van der Waals surface area contributed by atoms with E-state index in [9.17, 15) is 4.79 Å². The number of methoxy groups -OCH3 is 1. The van der Waals surface area contributed by atoms with Gasteiger partial charge in [0.2, 0.25) is 0 Å². The molecule has 1 aromatic heterocycles. The van der Waals surface area contributed by atoms with E-state index in [1.54, 1.807) is 7.11 Å². The summed E-state index contributed by atoms with van der Waals surface area (Å²) in [6.45, 7) is 7.69. The van der Waals surface area contributed by atoms with E-state index in [-0.39, 0.29) is 5.97 Å². The predicted octanol–water partition coefficient (Wildman–Crippen LogP) is 3.30. The summed E-state index contributed by atoms with van der Waals surface area (Å²) in [7, 11) is 1.67. The van der Waals surface area contributed by atoms with Crippen molar-refractivity contribution < 1.29 is 14.3 Å². The van der Waals surface area contributed by atoms with Crippen molar-refractivity contribution in [3.05, 3.63) is 48.0 Å². The van der Waals surface area contributed by atoms with Gasteiger partial charge in [-0.2, -0.15) is 0 Å². The maximum absolute atomic E-state index is 13.0. The number of likely N-dealkylation sites (tertiary alicyclic amines) is 1. The third kappa shape index (κ3) is 4.55. The molecule has 0 bridgehead atoms. The second-order valence-corrected chi connectivity index (χ2v) is 7.47. The average Bonchev–Trinajstić information content (AvgIpc) is 3.15. The lowest BCUT2D eigenvalue weighted by Crippen LogP contribution is -2.49. The molecule has 0 unspecified atom stereocenters. The molecule has 0 radical (unpaired) electrons. The van der Waals surface area contributed by atoms with E-state index in [1.165, 1.54) is 0 Å². The van der Waals surface area contributed by atoms with Crippen molar-refractivity contribution in [2.75, 3.05) is 26.8 Å². The van der Waals surface area contributed by atoms with Crippen molar-refractivity contribution >= 4 is 5.97 Å². The van der Waals surface area contributed by atoms with Crippen LogP contribution in [0, 0.1) is 5.41 Å². The first kappa shape index (κ1) is 20.4. The molecule has 1 aromatic carbocycles. The molecule has 1 fully saturated rings. The quantitative estimate of drug-likeness (QED) is 0.653. The molecule has 2 aromatic rings. The van der Waals surface area contributed by atoms with Crippen LogP contribution in [-0.4, -0.2) is 47.2 Å². The molecular formula is C22H31N3O3. The first-order valence-corrected chi connectivity index (χ1v) is 10.1. The van der Waals surface area contributed by atoms with Gasteiger partial charge >= 0.3 is 5.97 Å². The Bertz CT molecular complexity index is 789. The van der Waals surface area contributed by atoms with Crippen LogP contribution in [0.2, 0.25) is 0 Å². The van der Waals surface area contributed by atoms with Crippen molar-refractivity contribution in [3.63, 3.8) is 0 Å². The van der Waals surface area contributed by atoms with Crippen LogP contribution in [0.1, 0.15) is 38.1 Å². The topological polar surface area (TPSA) is 56.6 Å². The molecule has 0 spiro atoms. The largest absolute Gasteiger partial charge is 0.497 e. The average molecular weight is 386 g/mol. The molecule has 6 heteroatoms. The summed E-state index contributed by atoms with van der Waals surface area (Å²) in [6.07, 6.45) is 6.31. The smallest absolute Gasteiger partial charge is 0.313 e. The molecule has 3 rings (SSSR count). The standard InChI is InChI=1S/C22H31N3O3/c1-4-25-13-11-23-20(25)16-24-12-7-10-22(17-24,21(26)28-5-2)15-18-8-6-9-19(14-18)27-3/h6,8-9,11,13-14H,4-5,7,10,12,15-17H2,1-3H3/t22-/m1/s1. The zero-order chi connectivity index (χ0) is 20.0. The summed E-state index contributed by atoms with van der Waals surface area (Å²) >= 11 is 0. The van der Waals surface area contributed by atoms with Crippen LogP contribution in [0.4, 0.5) is 0 Å². The number of carbonyl (C=O) groups is 1. The molecule has 1 aliphatic heterocycles. The molecule has 0 amide bonds. The number of imidazole rings is 1. The van der Waals surface area contributed by atoms with Gasteiger partial charge in [0.25, 0.3) is 0 Å². The summed E-state index contributed by atoms with van der Waals surface area (Å²) in [5.74, 6) is 1.76. The van der Waals surface area contributed by atoms with E-state index in [0.717, 1.165) is 49.6 Å². The minimum absolute atomic E-state index is 0.0960. The van der Waals surface area contributed by atoms with Gasteiger partial charge in [-0.3, -0.25) is 9.69 Å². The van der Waals surface area contributed by atoms with Crippen molar-refractivity contribution in [1.29, 1.82) is 0 Å². The van der Waals surface area contributed by atoms with Crippen LogP contribution in [-0.2, 0) is 29.0 Å². The Labute approximate surface area is 167 Å². The molecule has 152 valence electrons. The minimum atomic E-state index is -0.537. The maximum Gasteiger partial charge on any atom is 0.313 e.